The highest BCUT2D eigenvalue weighted by Crippen LogP contribution is 2.39. The molecule has 0 bridgehead atoms. The van der Waals surface area contributed by atoms with Crippen LogP contribution in [-0.4, -0.2) is 18.8 Å². The molecule has 106 valence electrons. The summed E-state index contributed by atoms with van der Waals surface area (Å²) < 4.78 is 46.8. The second-order valence-electron chi connectivity index (χ2n) is 4.43. The zero-order valence-corrected chi connectivity index (χ0v) is 10.9. The standard InChI is InChI=1S/C13H14ClF3O2/c14-8-9-4-3-7-18-12(9)10-5-1-2-6-11(10)19-13(15,16)17/h1-2,5-6,9,12H,3-4,7-8H2. The third kappa shape index (κ3) is 3.76. The molecule has 1 fully saturated rings. The number of hydrogen-bond donors (Lipinski definition) is 0. The van der Waals surface area contributed by atoms with E-state index >= 15 is 0 Å². The molecule has 0 aromatic heterocycles. The van der Waals surface area contributed by atoms with Crippen LogP contribution < -0.4 is 4.74 Å². The molecule has 19 heavy (non-hydrogen) atoms. The number of benzene rings is 1. The van der Waals surface area contributed by atoms with Crippen molar-refractivity contribution in [2.45, 2.75) is 25.3 Å². The number of ether oxygens (including phenoxy) is 2. The molecule has 0 amide bonds. The normalized spacial score (nSPS) is 24.2. The van der Waals surface area contributed by atoms with Crippen molar-refractivity contribution in [3.05, 3.63) is 29.8 Å². The van der Waals surface area contributed by atoms with Gasteiger partial charge in [0, 0.05) is 24.0 Å². The van der Waals surface area contributed by atoms with Crippen molar-refractivity contribution in [2.75, 3.05) is 12.5 Å². The van der Waals surface area contributed by atoms with Crippen LogP contribution in [-0.2, 0) is 4.74 Å². The first kappa shape index (κ1) is 14.5. The summed E-state index contributed by atoms with van der Waals surface area (Å²) in [6, 6.07) is 6.06. The molecule has 1 heterocycles. The molecular formula is C13H14ClF3O2. The maximum Gasteiger partial charge on any atom is 0.573 e. The van der Waals surface area contributed by atoms with Gasteiger partial charge in [0.05, 0.1) is 6.10 Å². The number of halogens is 4. The van der Waals surface area contributed by atoms with Gasteiger partial charge in [0.25, 0.3) is 0 Å². The molecule has 0 saturated carbocycles. The van der Waals surface area contributed by atoms with Gasteiger partial charge in [0.1, 0.15) is 5.75 Å². The lowest BCUT2D eigenvalue weighted by atomic mass is 9.90. The number of rotatable bonds is 3. The minimum Gasteiger partial charge on any atom is -0.405 e. The Kier molecular flexibility index (Phi) is 4.58. The highest BCUT2D eigenvalue weighted by atomic mass is 35.5. The van der Waals surface area contributed by atoms with Crippen molar-refractivity contribution in [2.24, 2.45) is 5.92 Å². The Balaban J connectivity index is 2.27. The van der Waals surface area contributed by atoms with Crippen molar-refractivity contribution < 1.29 is 22.6 Å². The topological polar surface area (TPSA) is 18.5 Å². The highest BCUT2D eigenvalue weighted by molar-refractivity contribution is 6.18. The molecule has 0 spiro atoms. The van der Waals surface area contributed by atoms with E-state index in [1.165, 1.54) is 12.1 Å². The van der Waals surface area contributed by atoms with E-state index in [4.69, 9.17) is 16.3 Å². The first-order valence-electron chi connectivity index (χ1n) is 6.03. The largest absolute Gasteiger partial charge is 0.573 e. The molecule has 2 rings (SSSR count). The Bertz CT molecular complexity index is 423. The molecule has 1 aromatic rings. The van der Waals surface area contributed by atoms with E-state index < -0.39 is 12.5 Å². The van der Waals surface area contributed by atoms with E-state index in [1.54, 1.807) is 12.1 Å². The van der Waals surface area contributed by atoms with Crippen LogP contribution in [0.5, 0.6) is 5.75 Å². The third-order valence-corrected chi connectivity index (χ3v) is 3.49. The van der Waals surface area contributed by atoms with Crippen LogP contribution in [0.1, 0.15) is 24.5 Å². The summed E-state index contributed by atoms with van der Waals surface area (Å²) in [5, 5.41) is 0. The lowest BCUT2D eigenvalue weighted by Gasteiger charge is -2.31. The first-order chi connectivity index (χ1) is 9.01. The average Bonchev–Trinajstić information content (AvgIpc) is 2.37. The van der Waals surface area contributed by atoms with Gasteiger partial charge in [-0.05, 0) is 18.9 Å². The molecule has 2 unspecified atom stereocenters. The molecule has 1 aliphatic heterocycles. The second-order valence-corrected chi connectivity index (χ2v) is 4.74. The van der Waals surface area contributed by atoms with Gasteiger partial charge in [-0.25, -0.2) is 0 Å². The Morgan fingerprint density at radius 3 is 2.74 bits per heavy atom. The van der Waals surface area contributed by atoms with E-state index in [-0.39, 0.29) is 11.7 Å². The smallest absolute Gasteiger partial charge is 0.405 e. The molecular weight excluding hydrogens is 281 g/mol. The minimum absolute atomic E-state index is 0.00778. The zero-order chi connectivity index (χ0) is 13.9. The summed E-state index contributed by atoms with van der Waals surface area (Å²) in [5.41, 5.74) is 0.408. The Hall–Kier alpha value is -0.940. The fourth-order valence-corrected chi connectivity index (χ4v) is 2.59. The quantitative estimate of drug-likeness (QED) is 0.774. The van der Waals surface area contributed by atoms with E-state index in [0.717, 1.165) is 12.8 Å². The van der Waals surface area contributed by atoms with Crippen LogP contribution in [0.25, 0.3) is 0 Å². The van der Waals surface area contributed by atoms with Gasteiger partial charge in [0.2, 0.25) is 0 Å². The predicted molar refractivity (Wildman–Crippen MR) is 65.3 cm³/mol. The van der Waals surface area contributed by atoms with E-state index in [9.17, 15) is 13.2 Å². The van der Waals surface area contributed by atoms with Crippen LogP contribution >= 0.6 is 11.6 Å². The summed E-state index contributed by atoms with van der Waals surface area (Å²) in [5.74, 6) is 0.149. The summed E-state index contributed by atoms with van der Waals surface area (Å²) in [6.45, 7) is 0.526. The molecule has 2 nitrogen and oxygen atoms in total. The summed E-state index contributed by atoms with van der Waals surface area (Å²) >= 11 is 5.87. The van der Waals surface area contributed by atoms with Gasteiger partial charge in [0.15, 0.2) is 0 Å². The molecule has 0 aliphatic carbocycles. The Morgan fingerprint density at radius 1 is 1.32 bits per heavy atom. The maximum atomic E-state index is 12.4. The van der Waals surface area contributed by atoms with E-state index in [2.05, 4.69) is 4.74 Å². The monoisotopic (exact) mass is 294 g/mol. The minimum atomic E-state index is -4.71. The summed E-state index contributed by atoms with van der Waals surface area (Å²) in [7, 11) is 0. The number of alkyl halides is 4. The maximum absolute atomic E-state index is 12.4. The van der Waals surface area contributed by atoms with E-state index in [1.807, 2.05) is 0 Å². The van der Waals surface area contributed by atoms with Gasteiger partial charge >= 0.3 is 6.36 Å². The number of para-hydroxylation sites is 1. The van der Waals surface area contributed by atoms with Crippen molar-refractivity contribution in [3.8, 4) is 5.75 Å². The average molecular weight is 295 g/mol. The second kappa shape index (κ2) is 6.01. The van der Waals surface area contributed by atoms with Gasteiger partial charge in [-0.3, -0.25) is 0 Å². The fourth-order valence-electron chi connectivity index (χ4n) is 2.28. The molecule has 0 N–H and O–H groups in total. The molecule has 1 aromatic carbocycles. The van der Waals surface area contributed by atoms with Crippen molar-refractivity contribution >= 4 is 11.6 Å². The molecule has 2 atom stereocenters. The zero-order valence-electron chi connectivity index (χ0n) is 10.1. The predicted octanol–water partition coefficient (Wildman–Crippen LogP) is 4.29. The third-order valence-electron chi connectivity index (χ3n) is 3.09. The summed E-state index contributed by atoms with van der Waals surface area (Å²) in [4.78, 5) is 0. The van der Waals surface area contributed by atoms with Crippen LogP contribution in [0.15, 0.2) is 24.3 Å². The molecule has 6 heteroatoms. The molecule has 1 saturated heterocycles. The molecule has 1 aliphatic rings. The Labute approximate surface area is 114 Å². The number of hydrogen-bond acceptors (Lipinski definition) is 2. The SMILES string of the molecule is FC(F)(F)Oc1ccccc1C1OCCCC1CCl. The van der Waals surface area contributed by atoms with Crippen LogP contribution in [0.4, 0.5) is 13.2 Å². The lowest BCUT2D eigenvalue weighted by molar-refractivity contribution is -0.275. The van der Waals surface area contributed by atoms with Crippen molar-refractivity contribution in [3.63, 3.8) is 0 Å². The van der Waals surface area contributed by atoms with Crippen LogP contribution in [0.2, 0.25) is 0 Å². The van der Waals surface area contributed by atoms with Crippen LogP contribution in [0, 0.1) is 5.92 Å². The van der Waals surface area contributed by atoms with Gasteiger partial charge < -0.3 is 9.47 Å². The Morgan fingerprint density at radius 2 is 2.05 bits per heavy atom. The summed E-state index contributed by atoms with van der Waals surface area (Å²) in [6.07, 6.45) is -3.43. The lowest BCUT2D eigenvalue weighted by Crippen LogP contribution is -2.25. The van der Waals surface area contributed by atoms with Gasteiger partial charge in [-0.2, -0.15) is 0 Å². The van der Waals surface area contributed by atoms with Crippen molar-refractivity contribution in [1.82, 2.24) is 0 Å². The van der Waals surface area contributed by atoms with E-state index in [0.29, 0.717) is 18.1 Å². The van der Waals surface area contributed by atoms with Gasteiger partial charge in [-0.1, -0.05) is 18.2 Å². The molecule has 0 radical (unpaired) electrons. The fraction of sp³-hybridized carbons (Fsp3) is 0.538. The highest BCUT2D eigenvalue weighted by Gasteiger charge is 2.35. The van der Waals surface area contributed by atoms with Crippen LogP contribution in [0.3, 0.4) is 0 Å². The van der Waals surface area contributed by atoms with Crippen molar-refractivity contribution in [1.29, 1.82) is 0 Å². The van der Waals surface area contributed by atoms with Gasteiger partial charge in [-0.15, -0.1) is 24.8 Å². The first-order valence-corrected chi connectivity index (χ1v) is 6.57.